The highest BCUT2D eigenvalue weighted by molar-refractivity contribution is 5.15. The molecule has 0 bridgehead atoms. The lowest BCUT2D eigenvalue weighted by atomic mass is 10.00. The quantitative estimate of drug-likeness (QED) is 0.429. The molecule has 34 heavy (non-hydrogen) atoms. The van der Waals surface area contributed by atoms with E-state index in [9.17, 15) is 10.2 Å². The summed E-state index contributed by atoms with van der Waals surface area (Å²) in [5, 5.41) is 24.8. The maximum atomic E-state index is 10.9. The monoisotopic (exact) mass is 463 g/mol. The van der Waals surface area contributed by atoms with Crippen LogP contribution < -0.4 is 5.32 Å². The fourth-order valence-electron chi connectivity index (χ4n) is 4.12. The first-order valence-corrected chi connectivity index (χ1v) is 11.7. The molecule has 1 aliphatic heterocycles. The minimum absolute atomic E-state index is 0.219. The third-order valence-corrected chi connectivity index (χ3v) is 6.02. The zero-order valence-corrected chi connectivity index (χ0v) is 19.2. The van der Waals surface area contributed by atoms with E-state index in [1.807, 2.05) is 91.0 Å². The van der Waals surface area contributed by atoms with Crippen molar-refractivity contribution in [3.05, 3.63) is 108 Å². The van der Waals surface area contributed by atoms with E-state index in [1.54, 1.807) is 0 Å². The highest BCUT2D eigenvalue weighted by Crippen LogP contribution is 2.22. The van der Waals surface area contributed by atoms with Crippen LogP contribution in [-0.4, -0.2) is 53.8 Å². The Labute approximate surface area is 201 Å². The smallest absolute Gasteiger partial charge is 0.114 e. The highest BCUT2D eigenvalue weighted by atomic mass is 16.6. The molecule has 0 aromatic heterocycles. The lowest BCUT2D eigenvalue weighted by Gasteiger charge is -2.34. The largest absolute Gasteiger partial charge is 0.389 e. The Morgan fingerprint density at radius 3 is 1.65 bits per heavy atom. The second kappa shape index (κ2) is 12.8. The van der Waals surface area contributed by atoms with Crippen molar-refractivity contribution in [1.29, 1.82) is 0 Å². The fraction of sp³-hybridized carbons (Fsp3) is 0.357. The molecule has 3 aromatic carbocycles. The van der Waals surface area contributed by atoms with E-state index in [1.165, 1.54) is 0 Å². The normalized spacial score (nSPS) is 25.1. The van der Waals surface area contributed by atoms with Gasteiger partial charge in [0.2, 0.25) is 0 Å². The van der Waals surface area contributed by atoms with Crippen molar-refractivity contribution in [3.63, 3.8) is 0 Å². The first-order chi connectivity index (χ1) is 16.7. The van der Waals surface area contributed by atoms with Gasteiger partial charge in [0.05, 0.1) is 38.6 Å². The molecule has 5 atom stereocenters. The highest BCUT2D eigenvalue weighted by Gasteiger charge is 2.42. The van der Waals surface area contributed by atoms with Gasteiger partial charge in [0.25, 0.3) is 0 Å². The SMILES string of the molecule is OC1CNC(COCc2ccccc2)C(OCc2ccccc2)C(OCc2ccccc2)C1O. The van der Waals surface area contributed by atoms with Gasteiger partial charge >= 0.3 is 0 Å². The van der Waals surface area contributed by atoms with Crippen LogP contribution in [0.25, 0.3) is 0 Å². The van der Waals surface area contributed by atoms with E-state index in [2.05, 4.69) is 5.32 Å². The van der Waals surface area contributed by atoms with E-state index in [0.717, 1.165) is 16.7 Å². The van der Waals surface area contributed by atoms with Crippen LogP contribution in [0.15, 0.2) is 91.0 Å². The van der Waals surface area contributed by atoms with Gasteiger partial charge in [-0.25, -0.2) is 0 Å². The third-order valence-electron chi connectivity index (χ3n) is 6.02. The molecule has 1 heterocycles. The first-order valence-electron chi connectivity index (χ1n) is 11.7. The van der Waals surface area contributed by atoms with Crippen LogP contribution in [0.2, 0.25) is 0 Å². The summed E-state index contributed by atoms with van der Waals surface area (Å²) in [6.07, 6.45) is -3.36. The van der Waals surface area contributed by atoms with E-state index in [0.29, 0.717) is 26.4 Å². The molecule has 6 nitrogen and oxygen atoms in total. The number of nitrogens with one attached hydrogen (secondary N) is 1. The van der Waals surface area contributed by atoms with Crippen LogP contribution in [-0.2, 0) is 34.0 Å². The Balaban J connectivity index is 1.49. The minimum Gasteiger partial charge on any atom is -0.389 e. The Morgan fingerprint density at radius 1 is 0.647 bits per heavy atom. The molecule has 0 amide bonds. The number of hydrogen-bond donors (Lipinski definition) is 3. The summed E-state index contributed by atoms with van der Waals surface area (Å²) in [7, 11) is 0. The molecule has 4 rings (SSSR count). The molecule has 0 aliphatic carbocycles. The van der Waals surface area contributed by atoms with Crippen molar-refractivity contribution in [3.8, 4) is 0 Å². The number of rotatable bonds is 10. The lowest BCUT2D eigenvalue weighted by molar-refractivity contribution is -0.157. The van der Waals surface area contributed by atoms with E-state index < -0.39 is 24.4 Å². The Hall–Kier alpha value is -2.58. The van der Waals surface area contributed by atoms with Crippen molar-refractivity contribution in [1.82, 2.24) is 5.32 Å². The number of benzene rings is 3. The predicted octanol–water partition coefficient (Wildman–Crippen LogP) is 3.07. The molecule has 0 radical (unpaired) electrons. The fourth-order valence-corrected chi connectivity index (χ4v) is 4.12. The van der Waals surface area contributed by atoms with Crippen LogP contribution in [0.1, 0.15) is 16.7 Å². The van der Waals surface area contributed by atoms with Crippen molar-refractivity contribution in [2.45, 2.75) is 50.3 Å². The maximum absolute atomic E-state index is 10.9. The summed E-state index contributed by atoms with van der Waals surface area (Å²) in [6, 6.07) is 29.4. The van der Waals surface area contributed by atoms with Crippen molar-refractivity contribution < 1.29 is 24.4 Å². The maximum Gasteiger partial charge on any atom is 0.114 e. The molecule has 0 spiro atoms. The molecule has 180 valence electrons. The Morgan fingerprint density at radius 2 is 1.12 bits per heavy atom. The lowest BCUT2D eigenvalue weighted by Crippen LogP contribution is -2.52. The average molecular weight is 464 g/mol. The summed E-state index contributed by atoms with van der Waals surface area (Å²) in [5.74, 6) is 0. The summed E-state index contributed by atoms with van der Waals surface area (Å²) >= 11 is 0. The van der Waals surface area contributed by atoms with Crippen molar-refractivity contribution >= 4 is 0 Å². The Bertz CT molecular complexity index is 956. The van der Waals surface area contributed by atoms with E-state index >= 15 is 0 Å². The van der Waals surface area contributed by atoms with Gasteiger partial charge < -0.3 is 29.7 Å². The summed E-state index contributed by atoms with van der Waals surface area (Å²) in [5.41, 5.74) is 3.09. The molecule has 1 fully saturated rings. The summed E-state index contributed by atoms with van der Waals surface area (Å²) in [6.45, 7) is 1.69. The standard InChI is InChI=1S/C28H33NO5/c30-25-16-29-24(20-32-17-21-10-4-1-5-11-21)27(33-18-22-12-6-2-7-13-22)28(26(25)31)34-19-23-14-8-3-9-15-23/h1-15,24-31H,16-20H2. The molecule has 3 aromatic rings. The minimum atomic E-state index is -1.10. The van der Waals surface area contributed by atoms with Gasteiger partial charge in [-0.2, -0.15) is 0 Å². The van der Waals surface area contributed by atoms with Crippen LogP contribution in [0, 0.1) is 0 Å². The first kappa shape index (κ1) is 24.5. The van der Waals surface area contributed by atoms with Gasteiger partial charge in [-0.15, -0.1) is 0 Å². The third kappa shape index (κ3) is 6.96. The summed E-state index contributed by atoms with van der Waals surface area (Å²) < 4.78 is 18.6. The number of aliphatic hydroxyl groups excluding tert-OH is 2. The molecule has 1 saturated heterocycles. The number of hydrogen-bond acceptors (Lipinski definition) is 6. The molecule has 5 unspecified atom stereocenters. The zero-order chi connectivity index (χ0) is 23.6. The number of aliphatic hydroxyl groups is 2. The predicted molar refractivity (Wildman–Crippen MR) is 130 cm³/mol. The molecule has 6 heteroatoms. The van der Waals surface area contributed by atoms with Gasteiger partial charge in [-0.3, -0.25) is 0 Å². The molecule has 0 saturated carbocycles. The van der Waals surface area contributed by atoms with Crippen LogP contribution in [0.5, 0.6) is 0 Å². The van der Waals surface area contributed by atoms with Crippen LogP contribution in [0.3, 0.4) is 0 Å². The van der Waals surface area contributed by atoms with Gasteiger partial charge in [0.1, 0.15) is 18.3 Å². The van der Waals surface area contributed by atoms with Crippen molar-refractivity contribution in [2.24, 2.45) is 0 Å². The van der Waals surface area contributed by atoms with E-state index in [-0.39, 0.29) is 12.6 Å². The van der Waals surface area contributed by atoms with E-state index in [4.69, 9.17) is 14.2 Å². The second-order valence-electron chi connectivity index (χ2n) is 8.60. The molecule has 3 N–H and O–H groups in total. The van der Waals surface area contributed by atoms with Crippen LogP contribution in [0.4, 0.5) is 0 Å². The van der Waals surface area contributed by atoms with Crippen molar-refractivity contribution in [2.75, 3.05) is 13.2 Å². The summed E-state index contributed by atoms with van der Waals surface area (Å²) in [4.78, 5) is 0. The molecular weight excluding hydrogens is 430 g/mol. The van der Waals surface area contributed by atoms with Gasteiger partial charge in [0.15, 0.2) is 0 Å². The topological polar surface area (TPSA) is 80.2 Å². The van der Waals surface area contributed by atoms with Gasteiger partial charge in [-0.05, 0) is 16.7 Å². The van der Waals surface area contributed by atoms with Gasteiger partial charge in [0, 0.05) is 6.54 Å². The molecular formula is C28H33NO5. The zero-order valence-electron chi connectivity index (χ0n) is 19.2. The van der Waals surface area contributed by atoms with Crippen LogP contribution >= 0.6 is 0 Å². The number of ether oxygens (including phenoxy) is 3. The number of β-amino-alcohol motifs (C(OH)–C–C–N with tert-alkyl or cyclic N) is 1. The molecule has 1 aliphatic rings. The second-order valence-corrected chi connectivity index (χ2v) is 8.60. The Kier molecular flexibility index (Phi) is 9.21. The van der Waals surface area contributed by atoms with Gasteiger partial charge in [-0.1, -0.05) is 91.0 Å². The average Bonchev–Trinajstić information content (AvgIpc) is 3.00.